The number of nitrogens with zero attached hydrogens (tertiary/aromatic N) is 2. The van der Waals surface area contributed by atoms with Gasteiger partial charge in [-0.05, 0) is 42.7 Å². The van der Waals surface area contributed by atoms with Gasteiger partial charge in [0.2, 0.25) is 0 Å². The number of hydrogen-bond donors (Lipinski definition) is 3. The Hall–Kier alpha value is -2.57. The molecule has 4 rings (SSSR count). The molecular formula is C20H21FN4O. The number of hydrogen-bond acceptors (Lipinski definition) is 4. The number of nitrogens with one attached hydrogen (secondary N) is 2. The van der Waals surface area contributed by atoms with Crippen LogP contribution in [0.4, 0.5) is 4.39 Å². The minimum Gasteiger partial charge on any atom is -0.389 e. The highest BCUT2D eigenvalue weighted by Gasteiger charge is 2.43. The van der Waals surface area contributed by atoms with E-state index < -0.39 is 5.60 Å². The Balaban J connectivity index is 1.43. The van der Waals surface area contributed by atoms with Crippen LogP contribution in [-0.2, 0) is 6.42 Å². The third kappa shape index (κ3) is 3.66. The summed E-state index contributed by atoms with van der Waals surface area (Å²) in [7, 11) is 0. The molecule has 1 aromatic carbocycles. The molecule has 1 aliphatic rings. The fourth-order valence-electron chi connectivity index (χ4n) is 3.67. The Kier molecular flexibility index (Phi) is 4.53. The van der Waals surface area contributed by atoms with Crippen LogP contribution in [0.25, 0.3) is 0 Å². The van der Waals surface area contributed by atoms with Crippen molar-refractivity contribution in [2.24, 2.45) is 0 Å². The maximum Gasteiger partial charge on any atom is 0.129 e. The molecular weight excluding hydrogens is 331 g/mol. The molecule has 6 heteroatoms. The second-order valence-electron chi connectivity index (χ2n) is 6.96. The highest BCUT2D eigenvalue weighted by atomic mass is 19.1. The first-order valence-electron chi connectivity index (χ1n) is 8.74. The van der Waals surface area contributed by atoms with Gasteiger partial charge in [-0.15, -0.1) is 0 Å². The molecule has 1 unspecified atom stereocenters. The van der Waals surface area contributed by atoms with Crippen molar-refractivity contribution in [3.8, 4) is 0 Å². The van der Waals surface area contributed by atoms with Crippen molar-refractivity contribution in [1.29, 1.82) is 0 Å². The minimum absolute atomic E-state index is 0.144. The number of pyridine rings is 1. The molecule has 1 fully saturated rings. The standard InChI is InChI=1S/C20H21FN4O/c21-15-5-3-4-14(10-15)11-20(26)12-16(13-20)25-18(19-23-8-9-24-19)17-6-1-2-7-22-17/h1-10,16,18,25-26H,11-13H2,(H,23,24). The molecule has 1 aliphatic carbocycles. The summed E-state index contributed by atoms with van der Waals surface area (Å²) in [5.74, 6) is 0.525. The minimum atomic E-state index is -0.802. The van der Waals surface area contributed by atoms with Gasteiger partial charge in [0.1, 0.15) is 17.7 Å². The van der Waals surface area contributed by atoms with Crippen LogP contribution in [0.2, 0.25) is 0 Å². The molecule has 1 atom stereocenters. The van der Waals surface area contributed by atoms with Crippen LogP contribution < -0.4 is 5.32 Å². The molecule has 5 nitrogen and oxygen atoms in total. The molecule has 2 heterocycles. The lowest BCUT2D eigenvalue weighted by atomic mass is 9.72. The van der Waals surface area contributed by atoms with Crippen LogP contribution in [0.5, 0.6) is 0 Å². The largest absolute Gasteiger partial charge is 0.389 e. The number of aliphatic hydroxyl groups is 1. The predicted octanol–water partition coefficient (Wildman–Crippen LogP) is 2.76. The van der Waals surface area contributed by atoms with Crippen LogP contribution >= 0.6 is 0 Å². The summed E-state index contributed by atoms with van der Waals surface area (Å²) in [6.45, 7) is 0. The van der Waals surface area contributed by atoms with E-state index in [0.29, 0.717) is 19.3 Å². The van der Waals surface area contributed by atoms with Crippen LogP contribution in [0, 0.1) is 5.82 Å². The fraction of sp³-hybridized carbons (Fsp3) is 0.300. The molecule has 0 aliphatic heterocycles. The SMILES string of the molecule is OC1(Cc2cccc(F)c2)CC(NC(c2ccccn2)c2ncc[nH]2)C1. The average Bonchev–Trinajstić information content (AvgIpc) is 3.13. The number of H-pyrrole nitrogens is 1. The van der Waals surface area contributed by atoms with E-state index in [0.717, 1.165) is 17.1 Å². The Bertz CT molecular complexity index is 847. The lowest BCUT2D eigenvalue weighted by molar-refractivity contribution is -0.0570. The van der Waals surface area contributed by atoms with E-state index >= 15 is 0 Å². The zero-order valence-corrected chi connectivity index (χ0v) is 14.3. The normalized spacial score (nSPS) is 23.4. The van der Waals surface area contributed by atoms with E-state index in [9.17, 15) is 9.50 Å². The van der Waals surface area contributed by atoms with E-state index in [-0.39, 0.29) is 17.9 Å². The average molecular weight is 352 g/mol. The first kappa shape index (κ1) is 16.9. The quantitative estimate of drug-likeness (QED) is 0.638. The van der Waals surface area contributed by atoms with Gasteiger partial charge in [0.25, 0.3) is 0 Å². The van der Waals surface area contributed by atoms with Gasteiger partial charge in [0.15, 0.2) is 0 Å². The second kappa shape index (κ2) is 6.97. The lowest BCUT2D eigenvalue weighted by Crippen LogP contribution is -2.55. The topological polar surface area (TPSA) is 73.8 Å². The van der Waals surface area contributed by atoms with E-state index in [4.69, 9.17) is 0 Å². The number of imidazole rings is 1. The van der Waals surface area contributed by atoms with Crippen molar-refractivity contribution in [2.75, 3.05) is 0 Å². The van der Waals surface area contributed by atoms with Gasteiger partial charge in [0, 0.05) is 31.1 Å². The summed E-state index contributed by atoms with van der Waals surface area (Å²) < 4.78 is 13.3. The third-order valence-corrected chi connectivity index (χ3v) is 4.85. The van der Waals surface area contributed by atoms with Gasteiger partial charge in [0.05, 0.1) is 11.3 Å². The molecule has 134 valence electrons. The zero-order valence-electron chi connectivity index (χ0n) is 14.3. The lowest BCUT2D eigenvalue weighted by Gasteiger charge is -2.45. The van der Waals surface area contributed by atoms with Gasteiger partial charge >= 0.3 is 0 Å². The maximum absolute atomic E-state index is 13.3. The Morgan fingerprint density at radius 2 is 2.08 bits per heavy atom. The summed E-state index contributed by atoms with van der Waals surface area (Å²) in [5.41, 5.74) is 0.893. The van der Waals surface area contributed by atoms with E-state index in [2.05, 4.69) is 20.3 Å². The molecule has 0 spiro atoms. The number of aromatic amines is 1. The van der Waals surface area contributed by atoms with E-state index in [1.165, 1.54) is 12.1 Å². The van der Waals surface area contributed by atoms with Crippen LogP contribution in [-0.4, -0.2) is 31.7 Å². The predicted molar refractivity (Wildman–Crippen MR) is 95.9 cm³/mol. The van der Waals surface area contributed by atoms with E-state index in [1.807, 2.05) is 24.3 Å². The number of aromatic nitrogens is 3. The molecule has 1 saturated carbocycles. The summed E-state index contributed by atoms with van der Waals surface area (Å²) in [6.07, 6.45) is 6.93. The molecule has 26 heavy (non-hydrogen) atoms. The van der Waals surface area contributed by atoms with Crippen LogP contribution in [0.15, 0.2) is 61.1 Å². The first-order chi connectivity index (χ1) is 12.6. The fourth-order valence-corrected chi connectivity index (χ4v) is 3.67. The monoisotopic (exact) mass is 352 g/mol. The van der Waals surface area contributed by atoms with Crippen molar-refractivity contribution >= 4 is 0 Å². The molecule has 0 amide bonds. The van der Waals surface area contributed by atoms with Gasteiger partial charge in [-0.1, -0.05) is 18.2 Å². The van der Waals surface area contributed by atoms with Crippen molar-refractivity contribution in [2.45, 2.75) is 36.9 Å². The summed E-state index contributed by atoms with van der Waals surface area (Å²) in [4.78, 5) is 11.9. The highest BCUT2D eigenvalue weighted by Crippen LogP contribution is 2.37. The van der Waals surface area contributed by atoms with Gasteiger partial charge in [-0.25, -0.2) is 9.37 Å². The molecule has 3 aromatic rings. The molecule has 2 aromatic heterocycles. The zero-order chi connectivity index (χ0) is 18.0. The van der Waals surface area contributed by atoms with E-state index in [1.54, 1.807) is 24.7 Å². The highest BCUT2D eigenvalue weighted by molar-refractivity contribution is 5.22. The second-order valence-corrected chi connectivity index (χ2v) is 6.96. The molecule has 0 radical (unpaired) electrons. The van der Waals surface area contributed by atoms with Crippen LogP contribution in [0.1, 0.15) is 36.0 Å². The molecule has 0 saturated heterocycles. The first-order valence-corrected chi connectivity index (χ1v) is 8.74. The van der Waals surface area contributed by atoms with Crippen molar-refractivity contribution < 1.29 is 9.50 Å². The van der Waals surface area contributed by atoms with Crippen molar-refractivity contribution in [1.82, 2.24) is 20.3 Å². The Labute approximate surface area is 151 Å². The summed E-state index contributed by atoms with van der Waals surface area (Å²) >= 11 is 0. The van der Waals surface area contributed by atoms with Crippen molar-refractivity contribution in [3.63, 3.8) is 0 Å². The summed E-state index contributed by atoms with van der Waals surface area (Å²) in [6, 6.07) is 12.2. The van der Waals surface area contributed by atoms with Gasteiger partial charge in [-0.2, -0.15) is 0 Å². The number of halogens is 1. The Morgan fingerprint density at radius 1 is 1.19 bits per heavy atom. The van der Waals surface area contributed by atoms with Crippen LogP contribution in [0.3, 0.4) is 0 Å². The van der Waals surface area contributed by atoms with Crippen molar-refractivity contribution in [3.05, 3.63) is 84.0 Å². The maximum atomic E-state index is 13.3. The van der Waals surface area contributed by atoms with Gasteiger partial charge < -0.3 is 10.1 Å². The third-order valence-electron chi connectivity index (χ3n) is 4.85. The van der Waals surface area contributed by atoms with Gasteiger partial charge in [-0.3, -0.25) is 10.3 Å². The number of rotatable bonds is 6. The molecule has 3 N–H and O–H groups in total. The number of benzene rings is 1. The summed E-state index contributed by atoms with van der Waals surface area (Å²) in [5, 5.41) is 14.3. The Morgan fingerprint density at radius 3 is 2.77 bits per heavy atom. The smallest absolute Gasteiger partial charge is 0.129 e. The molecule has 0 bridgehead atoms.